The number of nitrogens with zero attached hydrogens (tertiary/aromatic N) is 1. The van der Waals surface area contributed by atoms with Crippen molar-refractivity contribution in [3.8, 4) is 0 Å². The van der Waals surface area contributed by atoms with Gasteiger partial charge in [0, 0.05) is 31.2 Å². The molecular formula is C18H25N3O2. The predicted molar refractivity (Wildman–Crippen MR) is 89.2 cm³/mol. The van der Waals surface area contributed by atoms with E-state index in [1.165, 1.54) is 0 Å². The maximum Gasteiger partial charge on any atom is 0.254 e. The highest BCUT2D eigenvalue weighted by Gasteiger charge is 2.28. The van der Waals surface area contributed by atoms with Crippen molar-refractivity contribution >= 4 is 11.8 Å². The van der Waals surface area contributed by atoms with Crippen LogP contribution in [0.3, 0.4) is 0 Å². The molecule has 3 rings (SSSR count). The van der Waals surface area contributed by atoms with Crippen molar-refractivity contribution in [2.75, 3.05) is 26.2 Å². The second-order valence-corrected chi connectivity index (χ2v) is 6.48. The van der Waals surface area contributed by atoms with Crippen LogP contribution in [0.25, 0.3) is 0 Å². The van der Waals surface area contributed by atoms with Crippen LogP contribution in [-0.4, -0.2) is 48.9 Å². The number of carbonyl (C=O) groups excluding carboxylic acids is 2. The fraction of sp³-hybridized carbons (Fsp3) is 0.556. The lowest BCUT2D eigenvalue weighted by Crippen LogP contribution is -2.48. The van der Waals surface area contributed by atoms with Crippen LogP contribution in [0.15, 0.2) is 24.3 Å². The van der Waals surface area contributed by atoms with Crippen LogP contribution in [0.2, 0.25) is 0 Å². The highest BCUT2D eigenvalue weighted by atomic mass is 16.2. The molecule has 2 atom stereocenters. The number of piperidine rings is 1. The number of amides is 2. The van der Waals surface area contributed by atoms with Crippen molar-refractivity contribution in [1.29, 1.82) is 0 Å². The first-order chi connectivity index (χ1) is 11.2. The van der Waals surface area contributed by atoms with Crippen molar-refractivity contribution in [3.05, 3.63) is 35.4 Å². The van der Waals surface area contributed by atoms with Crippen molar-refractivity contribution < 1.29 is 9.59 Å². The van der Waals surface area contributed by atoms with Crippen LogP contribution in [0.1, 0.15) is 35.7 Å². The molecule has 1 aromatic carbocycles. The summed E-state index contributed by atoms with van der Waals surface area (Å²) in [4.78, 5) is 26.6. The summed E-state index contributed by atoms with van der Waals surface area (Å²) in [5.41, 5.74) is 1.93. The molecular weight excluding hydrogens is 290 g/mol. The van der Waals surface area contributed by atoms with E-state index in [4.69, 9.17) is 0 Å². The van der Waals surface area contributed by atoms with Gasteiger partial charge in [0.2, 0.25) is 5.91 Å². The highest BCUT2D eigenvalue weighted by molar-refractivity contribution is 5.96. The van der Waals surface area contributed by atoms with Crippen LogP contribution < -0.4 is 10.6 Å². The number of carbonyl (C=O) groups is 2. The van der Waals surface area contributed by atoms with E-state index in [0.29, 0.717) is 13.1 Å². The number of hydrogen-bond acceptors (Lipinski definition) is 3. The lowest BCUT2D eigenvalue weighted by molar-refractivity contribution is -0.126. The molecule has 23 heavy (non-hydrogen) atoms. The van der Waals surface area contributed by atoms with E-state index in [-0.39, 0.29) is 23.8 Å². The smallest absolute Gasteiger partial charge is 0.254 e. The van der Waals surface area contributed by atoms with Crippen molar-refractivity contribution in [2.45, 2.75) is 32.2 Å². The molecule has 2 heterocycles. The predicted octanol–water partition coefficient (Wildman–Crippen LogP) is 1.19. The minimum atomic E-state index is 0.0431. The zero-order valence-electron chi connectivity index (χ0n) is 13.7. The van der Waals surface area contributed by atoms with E-state index in [1.807, 2.05) is 29.2 Å². The standard InChI is InChI=1S/C18H25N3O2/c1-13-15(7-4-9-19-13)17(22)20-10-12-21-11-8-14-5-2-3-6-16(14)18(21)23/h2-3,5-6,13,15,19H,4,7-12H2,1H3,(H,20,22). The van der Waals surface area contributed by atoms with Crippen LogP contribution in [0.5, 0.6) is 0 Å². The largest absolute Gasteiger partial charge is 0.354 e. The topological polar surface area (TPSA) is 61.4 Å². The third-order valence-corrected chi connectivity index (χ3v) is 4.97. The summed E-state index contributed by atoms with van der Waals surface area (Å²) < 4.78 is 0. The molecule has 2 N–H and O–H groups in total. The first kappa shape index (κ1) is 16.0. The Kier molecular flexibility index (Phi) is 4.96. The zero-order valence-corrected chi connectivity index (χ0v) is 13.7. The van der Waals surface area contributed by atoms with Crippen LogP contribution >= 0.6 is 0 Å². The molecule has 2 unspecified atom stereocenters. The van der Waals surface area contributed by atoms with Crippen molar-refractivity contribution in [3.63, 3.8) is 0 Å². The summed E-state index contributed by atoms with van der Waals surface area (Å²) in [6.45, 7) is 4.89. The SMILES string of the molecule is CC1NCCCC1C(=O)NCCN1CCc2ccccc2C1=O. The Morgan fingerprint density at radius 3 is 3.04 bits per heavy atom. The molecule has 0 aliphatic carbocycles. The first-order valence-electron chi connectivity index (χ1n) is 8.55. The van der Waals surface area contributed by atoms with Gasteiger partial charge in [0.25, 0.3) is 5.91 Å². The number of fused-ring (bicyclic) bond motifs is 1. The summed E-state index contributed by atoms with van der Waals surface area (Å²) in [7, 11) is 0. The molecule has 1 saturated heterocycles. The van der Waals surface area contributed by atoms with E-state index in [2.05, 4.69) is 17.6 Å². The Hall–Kier alpha value is -1.88. The van der Waals surface area contributed by atoms with Gasteiger partial charge in [-0.2, -0.15) is 0 Å². The second-order valence-electron chi connectivity index (χ2n) is 6.48. The quantitative estimate of drug-likeness (QED) is 0.877. The summed E-state index contributed by atoms with van der Waals surface area (Å²) in [6.07, 6.45) is 2.87. The molecule has 5 nitrogen and oxygen atoms in total. The van der Waals surface area contributed by atoms with Gasteiger partial charge in [-0.15, -0.1) is 0 Å². The summed E-state index contributed by atoms with van der Waals surface area (Å²) >= 11 is 0. The van der Waals surface area contributed by atoms with Gasteiger partial charge in [0.1, 0.15) is 0 Å². The molecule has 2 amide bonds. The molecule has 0 aromatic heterocycles. The Balaban J connectivity index is 1.50. The van der Waals surface area contributed by atoms with Crippen LogP contribution in [-0.2, 0) is 11.2 Å². The third kappa shape index (κ3) is 3.55. The molecule has 5 heteroatoms. The fourth-order valence-corrected chi connectivity index (χ4v) is 3.53. The summed E-state index contributed by atoms with van der Waals surface area (Å²) in [5, 5.41) is 6.35. The Labute approximate surface area is 137 Å². The first-order valence-corrected chi connectivity index (χ1v) is 8.55. The van der Waals surface area contributed by atoms with E-state index in [0.717, 1.165) is 43.5 Å². The average Bonchev–Trinajstić information content (AvgIpc) is 2.57. The van der Waals surface area contributed by atoms with Gasteiger partial charge in [0.05, 0.1) is 5.92 Å². The molecule has 1 aromatic rings. The third-order valence-electron chi connectivity index (χ3n) is 4.97. The van der Waals surface area contributed by atoms with E-state index in [1.54, 1.807) is 0 Å². The lowest BCUT2D eigenvalue weighted by Gasteiger charge is -2.30. The summed E-state index contributed by atoms with van der Waals surface area (Å²) in [5.74, 6) is 0.227. The molecule has 1 fully saturated rings. The number of rotatable bonds is 4. The van der Waals surface area contributed by atoms with Gasteiger partial charge in [-0.05, 0) is 44.4 Å². The Morgan fingerprint density at radius 2 is 2.22 bits per heavy atom. The number of benzene rings is 1. The Morgan fingerprint density at radius 1 is 1.39 bits per heavy atom. The second kappa shape index (κ2) is 7.13. The lowest BCUT2D eigenvalue weighted by atomic mass is 9.91. The Bertz CT molecular complexity index is 587. The zero-order chi connectivity index (χ0) is 16.2. The van der Waals surface area contributed by atoms with Gasteiger partial charge >= 0.3 is 0 Å². The number of nitrogens with one attached hydrogen (secondary N) is 2. The normalized spacial score (nSPS) is 24.2. The van der Waals surface area contributed by atoms with Crippen molar-refractivity contribution in [2.24, 2.45) is 5.92 Å². The maximum atomic E-state index is 12.4. The van der Waals surface area contributed by atoms with Gasteiger partial charge in [-0.25, -0.2) is 0 Å². The summed E-state index contributed by atoms with van der Waals surface area (Å²) in [6, 6.07) is 8.01. The monoisotopic (exact) mass is 315 g/mol. The van der Waals surface area contributed by atoms with E-state index < -0.39 is 0 Å². The average molecular weight is 315 g/mol. The van der Waals surface area contributed by atoms with E-state index >= 15 is 0 Å². The molecule has 124 valence electrons. The van der Waals surface area contributed by atoms with Gasteiger partial charge in [-0.1, -0.05) is 18.2 Å². The fourth-order valence-electron chi connectivity index (χ4n) is 3.53. The molecule has 2 aliphatic rings. The molecule has 0 saturated carbocycles. The van der Waals surface area contributed by atoms with Gasteiger partial charge in [-0.3, -0.25) is 9.59 Å². The minimum absolute atomic E-state index is 0.0431. The van der Waals surface area contributed by atoms with Crippen LogP contribution in [0, 0.1) is 5.92 Å². The van der Waals surface area contributed by atoms with Crippen molar-refractivity contribution in [1.82, 2.24) is 15.5 Å². The minimum Gasteiger partial charge on any atom is -0.354 e. The highest BCUT2D eigenvalue weighted by Crippen LogP contribution is 2.18. The maximum absolute atomic E-state index is 12.4. The molecule has 0 spiro atoms. The van der Waals surface area contributed by atoms with Crippen LogP contribution in [0.4, 0.5) is 0 Å². The molecule has 2 aliphatic heterocycles. The van der Waals surface area contributed by atoms with Gasteiger partial charge < -0.3 is 15.5 Å². The molecule has 0 radical (unpaired) electrons. The molecule has 0 bridgehead atoms. The van der Waals surface area contributed by atoms with Gasteiger partial charge in [0.15, 0.2) is 0 Å². The van der Waals surface area contributed by atoms with E-state index in [9.17, 15) is 9.59 Å². The number of hydrogen-bond donors (Lipinski definition) is 2.